The van der Waals surface area contributed by atoms with E-state index in [1.165, 1.54) is 12.1 Å². The van der Waals surface area contributed by atoms with Crippen molar-refractivity contribution < 1.29 is 13.5 Å². The fourth-order valence-electron chi connectivity index (χ4n) is 1.66. The normalized spacial score (nSPS) is 11.3. The lowest BCUT2D eigenvalue weighted by molar-refractivity contribution is -0.0467. The molecule has 0 saturated heterocycles. The maximum Gasteiger partial charge on any atom is 0.306 e. The van der Waals surface area contributed by atoms with E-state index in [1.54, 1.807) is 36.4 Å². The Kier molecular flexibility index (Phi) is 4.53. The van der Waals surface area contributed by atoms with Gasteiger partial charge >= 0.3 is 5.92 Å². The molecule has 0 saturated carbocycles. The summed E-state index contributed by atoms with van der Waals surface area (Å²) in [6, 6.07) is 14.8. The van der Waals surface area contributed by atoms with Gasteiger partial charge in [0.1, 0.15) is 5.75 Å². The van der Waals surface area contributed by atoms with Gasteiger partial charge in [-0.1, -0.05) is 58.4 Å². The molecular formula is C15H13BrF2O. The highest BCUT2D eigenvalue weighted by atomic mass is 79.9. The third-order valence-electron chi connectivity index (χ3n) is 2.67. The van der Waals surface area contributed by atoms with Crippen molar-refractivity contribution >= 4 is 15.9 Å². The van der Waals surface area contributed by atoms with Crippen LogP contribution in [0, 0.1) is 0 Å². The molecule has 100 valence electrons. The summed E-state index contributed by atoms with van der Waals surface area (Å²) in [5.41, 5.74) is 0.951. The van der Waals surface area contributed by atoms with Gasteiger partial charge in [0.05, 0.1) is 0 Å². The van der Waals surface area contributed by atoms with Gasteiger partial charge in [-0.2, -0.15) is 8.78 Å². The summed E-state index contributed by atoms with van der Waals surface area (Å²) >= 11 is 3.32. The highest BCUT2D eigenvalue weighted by Gasteiger charge is 2.32. The fourth-order valence-corrected chi connectivity index (χ4v) is 2.01. The Bertz CT molecular complexity index is 529. The van der Waals surface area contributed by atoms with Gasteiger partial charge in [0, 0.05) is 10.9 Å². The number of halogens is 3. The second kappa shape index (κ2) is 6.15. The number of hydrogen-bond donors (Lipinski definition) is 0. The quantitative estimate of drug-likeness (QED) is 0.720. The van der Waals surface area contributed by atoms with Crippen LogP contribution in [0.3, 0.4) is 0 Å². The van der Waals surface area contributed by atoms with E-state index in [-0.39, 0.29) is 5.56 Å². The molecule has 2 aromatic rings. The first-order valence-electron chi connectivity index (χ1n) is 5.83. The predicted molar refractivity (Wildman–Crippen MR) is 74.9 cm³/mol. The van der Waals surface area contributed by atoms with Crippen LogP contribution in [0.2, 0.25) is 0 Å². The summed E-state index contributed by atoms with van der Waals surface area (Å²) in [5.74, 6) is -2.54. The lowest BCUT2D eigenvalue weighted by Crippen LogP contribution is -2.23. The SMILES string of the molecule is FC(F)(COc1cccc(CBr)c1)c1ccccc1. The Morgan fingerprint density at radius 3 is 2.42 bits per heavy atom. The maximum absolute atomic E-state index is 13.9. The minimum Gasteiger partial charge on any atom is -0.487 e. The van der Waals surface area contributed by atoms with E-state index in [9.17, 15) is 8.78 Å². The van der Waals surface area contributed by atoms with Crippen LogP contribution in [-0.2, 0) is 11.3 Å². The summed E-state index contributed by atoms with van der Waals surface area (Å²) in [5, 5.41) is 0.666. The van der Waals surface area contributed by atoms with Gasteiger partial charge in [0.25, 0.3) is 0 Å². The molecule has 0 aliphatic heterocycles. The van der Waals surface area contributed by atoms with Crippen LogP contribution in [0.4, 0.5) is 8.78 Å². The topological polar surface area (TPSA) is 9.23 Å². The molecule has 0 heterocycles. The summed E-state index contributed by atoms with van der Waals surface area (Å²) in [7, 11) is 0. The predicted octanol–water partition coefficient (Wildman–Crippen LogP) is 4.75. The standard InChI is InChI=1S/C15H13BrF2O/c16-10-12-5-4-8-14(9-12)19-11-15(17,18)13-6-2-1-3-7-13/h1-9H,10-11H2. The number of hydrogen-bond acceptors (Lipinski definition) is 1. The van der Waals surface area contributed by atoms with Crippen LogP contribution >= 0.6 is 15.9 Å². The molecule has 0 bridgehead atoms. The van der Waals surface area contributed by atoms with Gasteiger partial charge in [-0.15, -0.1) is 0 Å². The van der Waals surface area contributed by atoms with E-state index >= 15 is 0 Å². The zero-order valence-electron chi connectivity index (χ0n) is 10.2. The van der Waals surface area contributed by atoms with Gasteiger partial charge in [0.15, 0.2) is 6.61 Å². The average molecular weight is 327 g/mol. The largest absolute Gasteiger partial charge is 0.487 e. The number of ether oxygens (including phenoxy) is 1. The van der Waals surface area contributed by atoms with Gasteiger partial charge < -0.3 is 4.74 Å². The summed E-state index contributed by atoms with van der Waals surface area (Å²) in [4.78, 5) is 0. The van der Waals surface area contributed by atoms with Crippen molar-refractivity contribution in [3.05, 3.63) is 65.7 Å². The molecule has 19 heavy (non-hydrogen) atoms. The minimum atomic E-state index is -2.99. The molecule has 2 rings (SSSR count). The molecule has 0 aromatic heterocycles. The van der Waals surface area contributed by atoms with Crippen molar-refractivity contribution in [3.63, 3.8) is 0 Å². The second-order valence-electron chi connectivity index (χ2n) is 4.14. The smallest absolute Gasteiger partial charge is 0.306 e. The number of benzene rings is 2. The second-order valence-corrected chi connectivity index (χ2v) is 4.70. The molecule has 0 aliphatic carbocycles. The summed E-state index contributed by atoms with van der Waals surface area (Å²) < 4.78 is 33.0. The van der Waals surface area contributed by atoms with Gasteiger partial charge in [0.2, 0.25) is 0 Å². The van der Waals surface area contributed by atoms with Crippen LogP contribution in [0.1, 0.15) is 11.1 Å². The van der Waals surface area contributed by atoms with E-state index < -0.39 is 12.5 Å². The Morgan fingerprint density at radius 2 is 1.74 bits per heavy atom. The van der Waals surface area contributed by atoms with E-state index in [2.05, 4.69) is 15.9 Å². The molecule has 0 unspecified atom stereocenters. The maximum atomic E-state index is 13.9. The molecule has 0 fully saturated rings. The van der Waals surface area contributed by atoms with E-state index in [0.717, 1.165) is 5.56 Å². The fraction of sp³-hybridized carbons (Fsp3) is 0.200. The molecule has 1 nitrogen and oxygen atoms in total. The van der Waals surface area contributed by atoms with Crippen molar-refractivity contribution in [2.24, 2.45) is 0 Å². The Balaban J connectivity index is 2.05. The Labute approximate surface area is 119 Å². The van der Waals surface area contributed by atoms with E-state index in [1.807, 2.05) is 6.07 Å². The van der Waals surface area contributed by atoms with Crippen LogP contribution in [0.5, 0.6) is 5.75 Å². The average Bonchev–Trinajstić information content (AvgIpc) is 2.46. The first kappa shape index (κ1) is 14.0. The van der Waals surface area contributed by atoms with Crippen molar-refractivity contribution in [1.29, 1.82) is 0 Å². The van der Waals surface area contributed by atoms with Crippen LogP contribution < -0.4 is 4.74 Å². The molecule has 0 aliphatic rings. The Hall–Kier alpha value is -1.42. The molecular weight excluding hydrogens is 314 g/mol. The van der Waals surface area contributed by atoms with Gasteiger partial charge in [-0.05, 0) is 17.7 Å². The van der Waals surface area contributed by atoms with E-state index in [0.29, 0.717) is 11.1 Å². The summed E-state index contributed by atoms with van der Waals surface area (Å²) in [6.45, 7) is -0.664. The van der Waals surface area contributed by atoms with Crippen molar-refractivity contribution in [1.82, 2.24) is 0 Å². The molecule has 0 N–H and O–H groups in total. The first-order valence-corrected chi connectivity index (χ1v) is 6.95. The van der Waals surface area contributed by atoms with Gasteiger partial charge in [-0.3, -0.25) is 0 Å². The zero-order valence-corrected chi connectivity index (χ0v) is 11.7. The van der Waals surface area contributed by atoms with Gasteiger partial charge in [-0.25, -0.2) is 0 Å². The highest BCUT2D eigenvalue weighted by Crippen LogP contribution is 2.29. The molecule has 0 radical (unpaired) electrons. The monoisotopic (exact) mass is 326 g/mol. The Morgan fingerprint density at radius 1 is 1.00 bits per heavy atom. The van der Waals surface area contributed by atoms with Crippen LogP contribution in [-0.4, -0.2) is 6.61 Å². The van der Waals surface area contributed by atoms with Crippen molar-refractivity contribution in [2.45, 2.75) is 11.3 Å². The zero-order chi connectivity index (χ0) is 13.7. The van der Waals surface area contributed by atoms with Crippen LogP contribution in [0.25, 0.3) is 0 Å². The van der Waals surface area contributed by atoms with E-state index in [4.69, 9.17) is 4.74 Å². The molecule has 4 heteroatoms. The number of alkyl halides is 3. The highest BCUT2D eigenvalue weighted by molar-refractivity contribution is 9.08. The summed E-state index contributed by atoms with van der Waals surface area (Å²) in [6.07, 6.45) is 0. The molecule has 0 amide bonds. The van der Waals surface area contributed by atoms with Crippen LogP contribution in [0.15, 0.2) is 54.6 Å². The lowest BCUT2D eigenvalue weighted by atomic mass is 10.1. The minimum absolute atomic E-state index is 0.0355. The molecule has 2 aromatic carbocycles. The first-order chi connectivity index (χ1) is 9.12. The molecule has 0 atom stereocenters. The lowest BCUT2D eigenvalue weighted by Gasteiger charge is -2.17. The van der Waals surface area contributed by atoms with Crippen molar-refractivity contribution in [2.75, 3.05) is 6.61 Å². The third kappa shape index (κ3) is 3.77. The molecule has 0 spiro atoms. The number of rotatable bonds is 5. The third-order valence-corrected chi connectivity index (χ3v) is 3.32. The van der Waals surface area contributed by atoms with Crippen molar-refractivity contribution in [3.8, 4) is 5.75 Å².